The van der Waals surface area contributed by atoms with E-state index < -0.39 is 17.3 Å². The first kappa shape index (κ1) is 15.8. The van der Waals surface area contributed by atoms with Gasteiger partial charge in [-0.25, -0.2) is 9.18 Å². The van der Waals surface area contributed by atoms with Gasteiger partial charge in [-0.1, -0.05) is 0 Å². The predicted octanol–water partition coefficient (Wildman–Crippen LogP) is 2.87. The summed E-state index contributed by atoms with van der Waals surface area (Å²) in [6.07, 6.45) is 0. The summed E-state index contributed by atoms with van der Waals surface area (Å²) in [5, 5.41) is 11.4. The summed E-state index contributed by atoms with van der Waals surface area (Å²) in [5.41, 5.74) is -4.24. The molecule has 0 aromatic heterocycles. The van der Waals surface area contributed by atoms with Crippen LogP contribution < -0.4 is 5.32 Å². The molecule has 0 atom stereocenters. The van der Waals surface area contributed by atoms with E-state index >= 15 is 0 Å². The highest BCUT2D eigenvalue weighted by atomic mass is 32.2. The molecule has 0 fully saturated rings. The quantitative estimate of drug-likeness (QED) is 0.626. The first-order chi connectivity index (χ1) is 8.79. The van der Waals surface area contributed by atoms with Crippen LogP contribution in [-0.4, -0.2) is 28.9 Å². The average molecular weight is 297 g/mol. The predicted molar refractivity (Wildman–Crippen MR) is 63.6 cm³/mol. The van der Waals surface area contributed by atoms with Crippen molar-refractivity contribution in [1.82, 2.24) is 5.32 Å². The molecule has 0 saturated carbocycles. The molecule has 0 aliphatic carbocycles. The molecule has 2 N–H and O–H groups in total. The number of thioether (sulfide) groups is 1. The zero-order valence-electron chi connectivity index (χ0n) is 9.63. The van der Waals surface area contributed by atoms with E-state index in [0.717, 1.165) is 18.2 Å². The molecule has 0 radical (unpaired) electrons. The Balaban J connectivity index is 2.45. The molecule has 0 spiro atoms. The van der Waals surface area contributed by atoms with Crippen molar-refractivity contribution in [2.45, 2.75) is 12.1 Å². The average Bonchev–Trinajstić information content (AvgIpc) is 2.29. The van der Waals surface area contributed by atoms with E-state index in [0.29, 0.717) is 0 Å². The third kappa shape index (κ3) is 5.93. The van der Waals surface area contributed by atoms with Crippen molar-refractivity contribution in [3.8, 4) is 0 Å². The van der Waals surface area contributed by atoms with Crippen molar-refractivity contribution < 1.29 is 27.5 Å². The zero-order valence-corrected chi connectivity index (χ0v) is 10.4. The van der Waals surface area contributed by atoms with Crippen LogP contribution in [0.4, 0.5) is 17.6 Å². The number of halogens is 4. The number of carboxylic acids is 1. The number of carbonyl (C=O) groups is 1. The lowest BCUT2D eigenvalue weighted by Gasteiger charge is -2.08. The number of benzene rings is 1. The van der Waals surface area contributed by atoms with Gasteiger partial charge in [0.15, 0.2) is 0 Å². The van der Waals surface area contributed by atoms with Crippen LogP contribution in [0.5, 0.6) is 0 Å². The van der Waals surface area contributed by atoms with E-state index in [1.54, 1.807) is 0 Å². The Morgan fingerprint density at radius 3 is 2.63 bits per heavy atom. The first-order valence-corrected chi connectivity index (χ1v) is 6.21. The van der Waals surface area contributed by atoms with Crippen LogP contribution in [0.3, 0.4) is 0 Å². The fourth-order valence-electron chi connectivity index (χ4n) is 1.31. The topological polar surface area (TPSA) is 49.3 Å². The van der Waals surface area contributed by atoms with Crippen molar-refractivity contribution in [2.75, 3.05) is 12.3 Å². The molecule has 0 bridgehead atoms. The molecule has 106 valence electrons. The maximum atomic E-state index is 13.3. The molecule has 1 aromatic carbocycles. The van der Waals surface area contributed by atoms with Gasteiger partial charge < -0.3 is 10.4 Å². The van der Waals surface area contributed by atoms with Crippen molar-refractivity contribution in [2.24, 2.45) is 0 Å². The third-order valence-corrected chi connectivity index (χ3v) is 2.89. The zero-order chi connectivity index (χ0) is 14.5. The summed E-state index contributed by atoms with van der Waals surface area (Å²) in [5.74, 6) is -1.97. The van der Waals surface area contributed by atoms with Gasteiger partial charge in [0.05, 0.1) is 5.56 Å². The monoisotopic (exact) mass is 297 g/mol. The fraction of sp³-hybridized carbons (Fsp3) is 0.364. The summed E-state index contributed by atoms with van der Waals surface area (Å²) in [7, 11) is 0. The van der Waals surface area contributed by atoms with Crippen LogP contribution in [0.2, 0.25) is 0 Å². The minimum atomic E-state index is -4.28. The van der Waals surface area contributed by atoms with Gasteiger partial charge in [0.25, 0.3) is 0 Å². The Labute approximate surface area is 111 Å². The van der Waals surface area contributed by atoms with E-state index in [1.165, 1.54) is 0 Å². The molecule has 0 unspecified atom stereocenters. The van der Waals surface area contributed by atoms with Crippen LogP contribution >= 0.6 is 11.8 Å². The maximum absolute atomic E-state index is 13.3. The lowest BCUT2D eigenvalue weighted by atomic mass is 10.1. The third-order valence-electron chi connectivity index (χ3n) is 2.15. The van der Waals surface area contributed by atoms with Crippen molar-refractivity contribution in [3.05, 3.63) is 35.1 Å². The highest BCUT2D eigenvalue weighted by Gasteiger charge is 2.27. The summed E-state index contributed by atoms with van der Waals surface area (Å²) >= 11 is -0.169. The van der Waals surface area contributed by atoms with E-state index in [4.69, 9.17) is 5.11 Å². The Bertz CT molecular complexity index is 451. The lowest BCUT2D eigenvalue weighted by Crippen LogP contribution is -2.19. The Morgan fingerprint density at radius 2 is 2.05 bits per heavy atom. The number of nitrogens with one attached hydrogen (secondary N) is 1. The molecule has 8 heteroatoms. The van der Waals surface area contributed by atoms with Gasteiger partial charge in [-0.2, -0.15) is 13.2 Å². The first-order valence-electron chi connectivity index (χ1n) is 5.23. The molecular weight excluding hydrogens is 286 g/mol. The van der Waals surface area contributed by atoms with Crippen molar-refractivity contribution >= 4 is 17.7 Å². The number of carboxylic acid groups (broad SMARTS) is 1. The molecule has 1 aromatic rings. The van der Waals surface area contributed by atoms with Crippen LogP contribution in [0.15, 0.2) is 18.2 Å². The molecule has 0 saturated heterocycles. The minimum Gasteiger partial charge on any atom is -0.478 e. The summed E-state index contributed by atoms with van der Waals surface area (Å²) in [4.78, 5) is 10.7. The van der Waals surface area contributed by atoms with Gasteiger partial charge in [0.2, 0.25) is 0 Å². The Hall–Kier alpha value is -1.28. The van der Waals surface area contributed by atoms with Crippen LogP contribution in [0, 0.1) is 5.82 Å². The van der Waals surface area contributed by atoms with Gasteiger partial charge in [-0.15, -0.1) is 0 Å². The molecule has 0 heterocycles. The van der Waals surface area contributed by atoms with E-state index in [9.17, 15) is 22.4 Å². The number of rotatable bonds is 6. The molecule has 0 aliphatic heterocycles. The van der Waals surface area contributed by atoms with Crippen molar-refractivity contribution in [1.29, 1.82) is 0 Å². The Morgan fingerprint density at radius 1 is 1.37 bits per heavy atom. The molecule has 19 heavy (non-hydrogen) atoms. The van der Waals surface area contributed by atoms with Gasteiger partial charge in [0, 0.05) is 24.4 Å². The van der Waals surface area contributed by atoms with Gasteiger partial charge >= 0.3 is 11.5 Å². The molecular formula is C11H11F4NO2S. The van der Waals surface area contributed by atoms with Crippen LogP contribution in [0.1, 0.15) is 15.9 Å². The highest BCUT2D eigenvalue weighted by Crippen LogP contribution is 2.29. The number of alkyl halides is 3. The maximum Gasteiger partial charge on any atom is 0.441 e. The second-order valence-electron chi connectivity index (χ2n) is 3.58. The number of hydrogen-bond donors (Lipinski definition) is 2. The largest absolute Gasteiger partial charge is 0.478 e. The molecule has 0 aliphatic rings. The van der Waals surface area contributed by atoms with E-state index in [2.05, 4.69) is 5.32 Å². The highest BCUT2D eigenvalue weighted by molar-refractivity contribution is 8.00. The lowest BCUT2D eigenvalue weighted by molar-refractivity contribution is -0.0327. The SMILES string of the molecule is O=C(O)c1ccc(F)c(CNCCSC(F)(F)F)c1. The summed E-state index contributed by atoms with van der Waals surface area (Å²) in [6.45, 7) is 0.0201. The number of hydrogen-bond acceptors (Lipinski definition) is 3. The molecule has 1 rings (SSSR count). The molecule has 0 amide bonds. The Kier molecular flexibility index (Phi) is 5.61. The summed E-state index contributed by atoms with van der Waals surface area (Å²) in [6, 6.07) is 3.30. The van der Waals surface area contributed by atoms with Crippen LogP contribution in [-0.2, 0) is 6.54 Å². The van der Waals surface area contributed by atoms with E-state index in [1.807, 2.05) is 0 Å². The molecule has 3 nitrogen and oxygen atoms in total. The number of aromatic carboxylic acids is 1. The van der Waals surface area contributed by atoms with Gasteiger partial charge in [-0.05, 0) is 30.0 Å². The second-order valence-corrected chi connectivity index (χ2v) is 4.74. The van der Waals surface area contributed by atoms with Crippen LogP contribution in [0.25, 0.3) is 0 Å². The fourth-order valence-corrected chi connectivity index (χ4v) is 1.78. The smallest absolute Gasteiger partial charge is 0.441 e. The standard InChI is InChI=1S/C11H11F4NO2S/c12-9-2-1-7(10(17)18)5-8(9)6-16-3-4-19-11(13,14)15/h1-2,5,16H,3-4,6H2,(H,17,18). The summed E-state index contributed by atoms with van der Waals surface area (Å²) < 4.78 is 48.8. The second kappa shape index (κ2) is 6.76. The van der Waals surface area contributed by atoms with Crippen molar-refractivity contribution in [3.63, 3.8) is 0 Å². The van der Waals surface area contributed by atoms with Gasteiger partial charge in [0.1, 0.15) is 5.82 Å². The van der Waals surface area contributed by atoms with E-state index in [-0.39, 0.29) is 41.7 Å². The van der Waals surface area contributed by atoms with Gasteiger partial charge in [-0.3, -0.25) is 0 Å². The normalized spacial score (nSPS) is 11.6. The minimum absolute atomic E-state index is 0.0224.